The van der Waals surface area contributed by atoms with E-state index < -0.39 is 38.4 Å². The lowest BCUT2D eigenvalue weighted by molar-refractivity contribution is -0.141. The zero-order valence-electron chi connectivity index (χ0n) is 10.6. The normalized spacial score (nSPS) is 13.5. The standard InChI is InChI=1S/C11H12BrF2NO4S/c1-6(11(16)17)5-15(2)20(18,19)10-8(12)3-7(13)4-9(10)14/h3-4,6H,5H2,1-2H3,(H,16,17). The number of carboxylic acids is 1. The molecule has 9 heteroatoms. The van der Waals surface area contributed by atoms with E-state index in [4.69, 9.17) is 5.11 Å². The maximum Gasteiger partial charge on any atom is 0.307 e. The van der Waals surface area contributed by atoms with Crippen LogP contribution in [0.4, 0.5) is 8.78 Å². The van der Waals surface area contributed by atoms with Crippen LogP contribution in [0.2, 0.25) is 0 Å². The van der Waals surface area contributed by atoms with Crippen LogP contribution in [0.1, 0.15) is 6.92 Å². The van der Waals surface area contributed by atoms with E-state index in [-0.39, 0.29) is 11.0 Å². The fourth-order valence-corrected chi connectivity index (χ4v) is 3.86. The van der Waals surface area contributed by atoms with Crippen molar-refractivity contribution in [3.8, 4) is 0 Å². The zero-order valence-corrected chi connectivity index (χ0v) is 13.0. The number of sulfonamides is 1. The number of hydrogen-bond donors (Lipinski definition) is 1. The molecule has 0 bridgehead atoms. The molecule has 0 amide bonds. The van der Waals surface area contributed by atoms with Gasteiger partial charge in [0, 0.05) is 24.1 Å². The molecule has 1 atom stereocenters. The van der Waals surface area contributed by atoms with E-state index in [0.717, 1.165) is 13.1 Å². The lowest BCUT2D eigenvalue weighted by atomic mass is 10.2. The van der Waals surface area contributed by atoms with E-state index >= 15 is 0 Å². The van der Waals surface area contributed by atoms with Gasteiger partial charge in [-0.3, -0.25) is 4.79 Å². The van der Waals surface area contributed by atoms with Crippen LogP contribution in [-0.4, -0.2) is 37.4 Å². The number of carboxylic acid groups (broad SMARTS) is 1. The molecule has 1 unspecified atom stereocenters. The van der Waals surface area contributed by atoms with Gasteiger partial charge in [0.15, 0.2) is 0 Å². The van der Waals surface area contributed by atoms with Crippen molar-refractivity contribution in [2.75, 3.05) is 13.6 Å². The van der Waals surface area contributed by atoms with Crippen molar-refractivity contribution in [3.05, 3.63) is 28.2 Å². The molecule has 0 saturated carbocycles. The fraction of sp³-hybridized carbons (Fsp3) is 0.364. The molecule has 20 heavy (non-hydrogen) atoms. The molecular weight excluding hydrogens is 360 g/mol. The van der Waals surface area contributed by atoms with Gasteiger partial charge < -0.3 is 5.11 Å². The summed E-state index contributed by atoms with van der Waals surface area (Å²) in [5, 5.41) is 8.76. The minimum absolute atomic E-state index is 0.259. The first kappa shape index (κ1) is 17.0. The Morgan fingerprint density at radius 2 is 2.00 bits per heavy atom. The molecule has 0 saturated heterocycles. The molecule has 1 aromatic carbocycles. The van der Waals surface area contributed by atoms with Crippen molar-refractivity contribution in [2.45, 2.75) is 11.8 Å². The van der Waals surface area contributed by atoms with Crippen molar-refractivity contribution in [1.29, 1.82) is 0 Å². The molecule has 0 aliphatic rings. The van der Waals surface area contributed by atoms with Crippen LogP contribution in [0.25, 0.3) is 0 Å². The van der Waals surface area contributed by atoms with E-state index in [1.165, 1.54) is 6.92 Å². The number of nitrogens with zero attached hydrogens (tertiary/aromatic N) is 1. The Hall–Kier alpha value is -1.06. The third-order valence-corrected chi connectivity index (χ3v) is 5.37. The summed E-state index contributed by atoms with van der Waals surface area (Å²) in [7, 11) is -3.14. The topological polar surface area (TPSA) is 74.7 Å². The van der Waals surface area contributed by atoms with E-state index in [0.29, 0.717) is 10.4 Å². The highest BCUT2D eigenvalue weighted by molar-refractivity contribution is 9.10. The molecule has 0 fully saturated rings. The monoisotopic (exact) mass is 371 g/mol. The Kier molecular flexibility index (Phi) is 5.22. The molecule has 1 aromatic rings. The van der Waals surface area contributed by atoms with Crippen molar-refractivity contribution >= 4 is 31.9 Å². The van der Waals surface area contributed by atoms with Crippen LogP contribution in [-0.2, 0) is 14.8 Å². The molecular formula is C11H12BrF2NO4S. The van der Waals surface area contributed by atoms with Gasteiger partial charge in [0.1, 0.15) is 16.5 Å². The largest absolute Gasteiger partial charge is 0.481 e. The third-order valence-electron chi connectivity index (χ3n) is 2.58. The van der Waals surface area contributed by atoms with Crippen LogP contribution >= 0.6 is 15.9 Å². The SMILES string of the molecule is CC(CN(C)S(=O)(=O)c1c(F)cc(F)cc1Br)C(=O)O. The van der Waals surface area contributed by atoms with Crippen LogP contribution in [0.15, 0.2) is 21.5 Å². The predicted octanol–water partition coefficient (Wildman–Crippen LogP) is 2.07. The number of carbonyl (C=O) groups is 1. The number of halogens is 3. The van der Waals surface area contributed by atoms with Crippen LogP contribution in [0.3, 0.4) is 0 Å². The average molecular weight is 372 g/mol. The maximum atomic E-state index is 13.7. The van der Waals surface area contributed by atoms with Crippen LogP contribution in [0, 0.1) is 17.6 Å². The molecule has 0 aliphatic heterocycles. The maximum absolute atomic E-state index is 13.7. The van der Waals surface area contributed by atoms with E-state index in [1.54, 1.807) is 0 Å². The first-order chi connectivity index (χ1) is 9.07. The average Bonchev–Trinajstić information content (AvgIpc) is 2.26. The van der Waals surface area contributed by atoms with Crippen LogP contribution in [0.5, 0.6) is 0 Å². The highest BCUT2D eigenvalue weighted by Gasteiger charge is 2.30. The van der Waals surface area contributed by atoms with E-state index in [2.05, 4.69) is 15.9 Å². The Bertz CT molecular complexity index is 612. The van der Waals surface area contributed by atoms with Gasteiger partial charge in [-0.2, -0.15) is 4.31 Å². The number of rotatable bonds is 5. The first-order valence-corrected chi connectivity index (χ1v) is 7.64. The summed E-state index contributed by atoms with van der Waals surface area (Å²) in [6.07, 6.45) is 0. The molecule has 0 heterocycles. The summed E-state index contributed by atoms with van der Waals surface area (Å²) >= 11 is 2.80. The Balaban J connectivity index is 3.21. The molecule has 0 radical (unpaired) electrons. The summed E-state index contributed by atoms with van der Waals surface area (Å²) in [6, 6.07) is 1.27. The van der Waals surface area contributed by atoms with E-state index in [9.17, 15) is 22.0 Å². The summed E-state index contributed by atoms with van der Waals surface area (Å²) in [5.74, 6) is -4.30. The highest BCUT2D eigenvalue weighted by atomic mass is 79.9. The predicted molar refractivity (Wildman–Crippen MR) is 70.7 cm³/mol. The second-order valence-corrected chi connectivity index (χ2v) is 7.06. The molecule has 1 rings (SSSR count). The van der Waals surface area contributed by atoms with Crippen molar-refractivity contribution in [1.82, 2.24) is 4.31 Å². The number of hydrogen-bond acceptors (Lipinski definition) is 3. The molecule has 112 valence electrons. The quantitative estimate of drug-likeness (QED) is 0.859. The highest BCUT2D eigenvalue weighted by Crippen LogP contribution is 2.28. The van der Waals surface area contributed by atoms with Gasteiger partial charge in [-0.25, -0.2) is 17.2 Å². The lowest BCUT2D eigenvalue weighted by Gasteiger charge is -2.20. The van der Waals surface area contributed by atoms with Gasteiger partial charge in [0.05, 0.1) is 5.92 Å². The number of benzene rings is 1. The minimum Gasteiger partial charge on any atom is -0.481 e. The fourth-order valence-electron chi connectivity index (χ4n) is 1.49. The molecule has 1 N–H and O–H groups in total. The lowest BCUT2D eigenvalue weighted by Crippen LogP contribution is -2.34. The molecule has 0 aromatic heterocycles. The number of aliphatic carboxylic acids is 1. The Morgan fingerprint density at radius 3 is 2.45 bits per heavy atom. The first-order valence-electron chi connectivity index (χ1n) is 5.41. The molecule has 0 spiro atoms. The van der Waals surface area contributed by atoms with Gasteiger partial charge in [-0.05, 0) is 22.0 Å². The van der Waals surface area contributed by atoms with Gasteiger partial charge in [-0.15, -0.1) is 0 Å². The van der Waals surface area contributed by atoms with Gasteiger partial charge in [0.25, 0.3) is 0 Å². The Morgan fingerprint density at radius 1 is 1.45 bits per heavy atom. The van der Waals surface area contributed by atoms with Crippen molar-refractivity contribution in [3.63, 3.8) is 0 Å². The van der Waals surface area contributed by atoms with Crippen LogP contribution < -0.4 is 0 Å². The van der Waals surface area contributed by atoms with Gasteiger partial charge in [0.2, 0.25) is 10.0 Å². The zero-order chi connectivity index (χ0) is 15.7. The second kappa shape index (κ2) is 6.15. The van der Waals surface area contributed by atoms with Crippen molar-refractivity contribution < 1.29 is 27.1 Å². The van der Waals surface area contributed by atoms with Gasteiger partial charge in [-0.1, -0.05) is 6.92 Å². The summed E-state index contributed by atoms with van der Waals surface area (Å²) in [6.45, 7) is 0.991. The third kappa shape index (κ3) is 3.53. The molecule has 5 nitrogen and oxygen atoms in total. The second-order valence-electron chi connectivity index (χ2n) is 4.22. The smallest absolute Gasteiger partial charge is 0.307 e. The summed E-state index contributed by atoms with van der Waals surface area (Å²) in [4.78, 5) is 10.00. The van der Waals surface area contributed by atoms with Crippen molar-refractivity contribution in [2.24, 2.45) is 5.92 Å². The van der Waals surface area contributed by atoms with E-state index in [1.807, 2.05) is 0 Å². The summed E-state index contributed by atoms with van der Waals surface area (Å²) < 4.78 is 51.5. The minimum atomic E-state index is -4.26. The molecule has 0 aliphatic carbocycles. The summed E-state index contributed by atoms with van der Waals surface area (Å²) in [5.41, 5.74) is 0. The van der Waals surface area contributed by atoms with Gasteiger partial charge >= 0.3 is 5.97 Å². The Labute approximate surface area is 123 Å².